The molecule has 17 heavy (non-hydrogen) atoms. The van der Waals surface area contributed by atoms with Gasteiger partial charge in [-0.2, -0.15) is 0 Å². The summed E-state index contributed by atoms with van der Waals surface area (Å²) in [5.74, 6) is -1.03. The van der Waals surface area contributed by atoms with E-state index in [4.69, 9.17) is 23.2 Å². The third-order valence-corrected chi connectivity index (χ3v) is 4.75. The lowest BCUT2D eigenvalue weighted by Crippen LogP contribution is -2.01. The largest absolute Gasteiger partial charge is 0.288 e. The highest BCUT2D eigenvalue weighted by molar-refractivity contribution is 9.11. The van der Waals surface area contributed by atoms with Gasteiger partial charge in [-0.25, -0.2) is 4.39 Å². The Hall–Kier alpha value is -0.420. The molecule has 0 atom stereocenters. The van der Waals surface area contributed by atoms with Crippen molar-refractivity contribution < 1.29 is 9.18 Å². The molecule has 88 valence electrons. The first-order valence-corrected chi connectivity index (χ1v) is 6.80. The van der Waals surface area contributed by atoms with Gasteiger partial charge in [0.2, 0.25) is 5.78 Å². The van der Waals surface area contributed by atoms with E-state index in [1.165, 1.54) is 24.3 Å². The van der Waals surface area contributed by atoms with E-state index in [1.54, 1.807) is 0 Å². The summed E-state index contributed by atoms with van der Waals surface area (Å²) in [5, 5.41) is 0.747. The average Bonchev–Trinajstić information content (AvgIpc) is 2.62. The van der Waals surface area contributed by atoms with Crippen LogP contribution in [-0.4, -0.2) is 5.78 Å². The standard InChI is InChI=1S/C11H4BrCl2FOS/c12-11-7(14)4-9(17-11)10(16)6-3-5(13)1-2-8(6)15/h1-4H. The normalized spacial score (nSPS) is 10.6. The zero-order valence-electron chi connectivity index (χ0n) is 8.14. The minimum Gasteiger partial charge on any atom is -0.288 e. The summed E-state index contributed by atoms with van der Waals surface area (Å²) in [6, 6.07) is 5.37. The molecule has 1 aromatic heterocycles. The number of thiophene rings is 1. The van der Waals surface area contributed by atoms with Crippen LogP contribution in [0.15, 0.2) is 28.1 Å². The second-order valence-corrected chi connectivity index (χ2v) is 6.40. The monoisotopic (exact) mass is 352 g/mol. The van der Waals surface area contributed by atoms with Gasteiger partial charge in [0, 0.05) is 5.02 Å². The lowest BCUT2D eigenvalue weighted by atomic mass is 10.1. The molecule has 0 aliphatic carbocycles. The maximum Gasteiger partial charge on any atom is 0.206 e. The van der Waals surface area contributed by atoms with Crippen molar-refractivity contribution in [2.75, 3.05) is 0 Å². The molecule has 2 aromatic rings. The molecule has 1 nitrogen and oxygen atoms in total. The van der Waals surface area contributed by atoms with Crippen LogP contribution in [0.25, 0.3) is 0 Å². The summed E-state index contributed by atoms with van der Waals surface area (Å²) < 4.78 is 14.1. The molecule has 0 amide bonds. The van der Waals surface area contributed by atoms with E-state index >= 15 is 0 Å². The molecular weight excluding hydrogens is 350 g/mol. The molecule has 6 heteroatoms. The number of benzene rings is 1. The van der Waals surface area contributed by atoms with Crippen LogP contribution in [0.2, 0.25) is 10.0 Å². The van der Waals surface area contributed by atoms with Gasteiger partial charge in [-0.15, -0.1) is 11.3 Å². The summed E-state index contributed by atoms with van der Waals surface area (Å²) in [5.41, 5.74) is -0.0529. The van der Waals surface area contributed by atoms with Crippen LogP contribution in [0.5, 0.6) is 0 Å². The Morgan fingerprint density at radius 1 is 1.29 bits per heavy atom. The summed E-state index contributed by atoms with van der Waals surface area (Å²) >= 11 is 15.9. The molecule has 0 radical (unpaired) electrons. The third kappa shape index (κ3) is 2.71. The molecule has 1 heterocycles. The van der Waals surface area contributed by atoms with Crippen molar-refractivity contribution >= 4 is 56.3 Å². The maximum absolute atomic E-state index is 13.5. The molecule has 0 spiro atoms. The Kier molecular flexibility index (Phi) is 3.88. The summed E-state index contributed by atoms with van der Waals surface area (Å²) in [6.45, 7) is 0. The number of carbonyl (C=O) groups excluding carboxylic acids is 1. The third-order valence-electron chi connectivity index (χ3n) is 2.04. The Morgan fingerprint density at radius 3 is 2.59 bits per heavy atom. The molecule has 0 saturated carbocycles. The van der Waals surface area contributed by atoms with E-state index in [-0.39, 0.29) is 5.56 Å². The zero-order valence-corrected chi connectivity index (χ0v) is 12.1. The first-order valence-electron chi connectivity index (χ1n) is 4.43. The number of ketones is 1. The van der Waals surface area contributed by atoms with Crippen LogP contribution in [0.4, 0.5) is 4.39 Å². The molecule has 0 aliphatic heterocycles. The minimum atomic E-state index is -0.597. The molecule has 1 aromatic carbocycles. The highest BCUT2D eigenvalue weighted by Crippen LogP contribution is 2.33. The molecule has 2 rings (SSSR count). The van der Waals surface area contributed by atoms with E-state index in [1.807, 2.05) is 0 Å². The van der Waals surface area contributed by atoms with Crippen molar-refractivity contribution in [1.29, 1.82) is 0 Å². The maximum atomic E-state index is 13.5. The van der Waals surface area contributed by atoms with Crippen molar-refractivity contribution in [3.05, 3.63) is 54.4 Å². The van der Waals surface area contributed by atoms with Crippen molar-refractivity contribution in [1.82, 2.24) is 0 Å². The zero-order chi connectivity index (χ0) is 12.6. The fourth-order valence-electron chi connectivity index (χ4n) is 1.26. The number of halogens is 4. The highest BCUT2D eigenvalue weighted by Gasteiger charge is 2.18. The van der Waals surface area contributed by atoms with Crippen LogP contribution in [-0.2, 0) is 0 Å². The molecule has 0 fully saturated rings. The summed E-state index contributed by atoms with van der Waals surface area (Å²) in [6.07, 6.45) is 0. The Morgan fingerprint density at radius 2 is 2.00 bits per heavy atom. The summed E-state index contributed by atoms with van der Waals surface area (Å²) in [4.78, 5) is 12.4. The predicted octanol–water partition coefficient (Wildman–Crippen LogP) is 5.19. The number of hydrogen-bond acceptors (Lipinski definition) is 2. The van der Waals surface area contributed by atoms with Gasteiger partial charge in [-0.1, -0.05) is 23.2 Å². The second kappa shape index (κ2) is 5.06. The first-order chi connectivity index (χ1) is 7.99. The van der Waals surface area contributed by atoms with E-state index in [9.17, 15) is 9.18 Å². The lowest BCUT2D eigenvalue weighted by molar-refractivity contribution is 0.103. The van der Waals surface area contributed by atoms with Crippen molar-refractivity contribution in [2.24, 2.45) is 0 Å². The number of carbonyl (C=O) groups is 1. The van der Waals surface area contributed by atoms with Crippen LogP contribution in [0, 0.1) is 5.82 Å². The molecular formula is C11H4BrCl2FOS. The number of rotatable bonds is 2. The minimum absolute atomic E-state index is 0.0529. The van der Waals surface area contributed by atoms with Crippen molar-refractivity contribution in [3.8, 4) is 0 Å². The smallest absolute Gasteiger partial charge is 0.206 e. The van der Waals surface area contributed by atoms with Crippen LogP contribution >= 0.6 is 50.5 Å². The molecule has 0 N–H and O–H groups in total. The molecule has 0 aliphatic rings. The Bertz CT molecular complexity index is 578. The van der Waals surface area contributed by atoms with Gasteiger partial charge in [0.15, 0.2) is 0 Å². The first kappa shape index (κ1) is 13.0. The lowest BCUT2D eigenvalue weighted by Gasteiger charge is -2.00. The molecule has 0 saturated heterocycles. The fourth-order valence-corrected chi connectivity index (χ4v) is 3.09. The average molecular weight is 354 g/mol. The SMILES string of the molecule is O=C(c1cc(Cl)c(Br)s1)c1cc(Cl)ccc1F. The van der Waals surface area contributed by atoms with Gasteiger partial charge in [0.25, 0.3) is 0 Å². The van der Waals surface area contributed by atoms with Crippen LogP contribution in [0.3, 0.4) is 0 Å². The quantitative estimate of drug-likeness (QED) is 0.679. The van der Waals surface area contributed by atoms with Gasteiger partial charge in [-0.05, 0) is 40.2 Å². The number of hydrogen-bond donors (Lipinski definition) is 0. The van der Waals surface area contributed by atoms with Crippen molar-refractivity contribution in [3.63, 3.8) is 0 Å². The molecule has 0 unspecified atom stereocenters. The van der Waals surface area contributed by atoms with Gasteiger partial charge in [0.1, 0.15) is 5.82 Å². The predicted molar refractivity (Wildman–Crippen MR) is 71.9 cm³/mol. The van der Waals surface area contributed by atoms with Crippen molar-refractivity contribution in [2.45, 2.75) is 0 Å². The Labute approximate surface area is 119 Å². The second-order valence-electron chi connectivity index (χ2n) is 3.19. The van der Waals surface area contributed by atoms with Crippen LogP contribution in [0.1, 0.15) is 15.2 Å². The van der Waals surface area contributed by atoms with E-state index in [0.717, 1.165) is 11.3 Å². The van der Waals surface area contributed by atoms with Gasteiger partial charge in [0.05, 0.1) is 19.2 Å². The van der Waals surface area contributed by atoms with E-state index in [0.29, 0.717) is 18.7 Å². The Balaban J connectivity index is 2.47. The molecule has 0 bridgehead atoms. The highest BCUT2D eigenvalue weighted by atomic mass is 79.9. The summed E-state index contributed by atoms with van der Waals surface area (Å²) in [7, 11) is 0. The fraction of sp³-hybridized carbons (Fsp3) is 0. The van der Waals surface area contributed by atoms with Gasteiger partial charge >= 0.3 is 0 Å². The van der Waals surface area contributed by atoms with E-state index < -0.39 is 11.6 Å². The topological polar surface area (TPSA) is 17.1 Å². The van der Waals surface area contributed by atoms with Gasteiger partial charge < -0.3 is 0 Å². The van der Waals surface area contributed by atoms with E-state index in [2.05, 4.69) is 15.9 Å². The van der Waals surface area contributed by atoms with Crippen LogP contribution < -0.4 is 0 Å². The van der Waals surface area contributed by atoms with Gasteiger partial charge in [-0.3, -0.25) is 4.79 Å².